The van der Waals surface area contributed by atoms with Crippen LogP contribution >= 0.6 is 0 Å². The Morgan fingerprint density at radius 2 is 2.24 bits per heavy atom. The van der Waals surface area contributed by atoms with Gasteiger partial charge in [-0.1, -0.05) is 0 Å². The molecule has 1 aromatic rings. The number of hydrogen-bond acceptors (Lipinski definition) is 4. The van der Waals surface area contributed by atoms with E-state index in [1.165, 1.54) is 0 Å². The van der Waals surface area contributed by atoms with Gasteiger partial charge in [-0.15, -0.1) is 0 Å². The minimum Gasteiger partial charge on any atom is -0.493 e. The number of hydrogen-bond donors (Lipinski definition) is 1. The second-order valence-corrected chi connectivity index (χ2v) is 7.54. The first-order valence-electron chi connectivity index (χ1n) is 7.51. The van der Waals surface area contributed by atoms with Crippen LogP contribution in [0.2, 0.25) is 0 Å². The predicted molar refractivity (Wildman–Crippen MR) is 78.9 cm³/mol. The summed E-state index contributed by atoms with van der Waals surface area (Å²) in [5, 5.41) is 8.96. The molecule has 5 nitrogen and oxygen atoms in total. The topological polar surface area (TPSA) is 66.8 Å². The van der Waals surface area contributed by atoms with E-state index < -0.39 is 10.0 Å². The second kappa shape index (κ2) is 5.94. The number of sulfonamides is 1. The molecule has 116 valence electrons. The smallest absolute Gasteiger partial charge is 0.243 e. The van der Waals surface area contributed by atoms with E-state index in [-0.39, 0.29) is 12.6 Å². The van der Waals surface area contributed by atoms with Crippen molar-refractivity contribution in [3.05, 3.63) is 23.8 Å². The van der Waals surface area contributed by atoms with E-state index in [4.69, 9.17) is 9.84 Å². The molecule has 1 aromatic carbocycles. The van der Waals surface area contributed by atoms with Crippen LogP contribution in [0.15, 0.2) is 23.1 Å². The molecule has 0 amide bonds. The average molecular weight is 311 g/mol. The summed E-state index contributed by atoms with van der Waals surface area (Å²) >= 11 is 0. The van der Waals surface area contributed by atoms with Crippen molar-refractivity contribution in [1.29, 1.82) is 0 Å². The highest BCUT2D eigenvalue weighted by atomic mass is 32.2. The summed E-state index contributed by atoms with van der Waals surface area (Å²) in [4.78, 5) is 0.364. The Morgan fingerprint density at radius 3 is 3.05 bits per heavy atom. The van der Waals surface area contributed by atoms with Crippen molar-refractivity contribution in [2.45, 2.75) is 43.0 Å². The summed E-state index contributed by atoms with van der Waals surface area (Å²) in [5.74, 6) is 0.798. The number of aliphatic hydroxyl groups is 1. The van der Waals surface area contributed by atoms with Gasteiger partial charge in [-0.3, -0.25) is 0 Å². The standard InChI is InChI=1S/C15H21NO4S/c17-9-2-4-13-3-1-8-16(13)21(18,19)14-5-6-15-12(11-14)7-10-20-15/h5-6,11,13,17H,1-4,7-10H2. The SMILES string of the molecule is O=S(=O)(c1ccc2c(c1)CCO2)N1CCCC1CCCO. The van der Waals surface area contributed by atoms with Crippen LogP contribution in [0.5, 0.6) is 5.75 Å². The van der Waals surface area contributed by atoms with Crippen molar-refractivity contribution in [2.75, 3.05) is 19.8 Å². The van der Waals surface area contributed by atoms with Crippen molar-refractivity contribution < 1.29 is 18.3 Å². The number of rotatable bonds is 5. The molecule has 0 spiro atoms. The van der Waals surface area contributed by atoms with Gasteiger partial charge in [0.05, 0.1) is 11.5 Å². The zero-order valence-electron chi connectivity index (χ0n) is 12.0. The fraction of sp³-hybridized carbons (Fsp3) is 0.600. The largest absolute Gasteiger partial charge is 0.493 e. The molecular formula is C15H21NO4S. The first kappa shape index (κ1) is 14.8. The highest BCUT2D eigenvalue weighted by Crippen LogP contribution is 2.32. The average Bonchev–Trinajstić information content (AvgIpc) is 3.13. The first-order valence-corrected chi connectivity index (χ1v) is 8.95. The Hall–Kier alpha value is -1.11. The maximum atomic E-state index is 12.8. The zero-order valence-corrected chi connectivity index (χ0v) is 12.8. The molecule has 1 unspecified atom stereocenters. The molecule has 0 radical (unpaired) electrons. The molecule has 1 atom stereocenters. The highest BCUT2D eigenvalue weighted by molar-refractivity contribution is 7.89. The van der Waals surface area contributed by atoms with E-state index >= 15 is 0 Å². The van der Waals surface area contributed by atoms with E-state index in [2.05, 4.69) is 0 Å². The molecule has 3 rings (SSSR count). The second-order valence-electron chi connectivity index (χ2n) is 5.65. The molecule has 1 fully saturated rings. The summed E-state index contributed by atoms with van der Waals surface area (Å²) in [6, 6.07) is 5.17. The summed E-state index contributed by atoms with van der Waals surface area (Å²) in [7, 11) is -3.44. The monoisotopic (exact) mass is 311 g/mol. The van der Waals surface area contributed by atoms with Crippen molar-refractivity contribution in [3.8, 4) is 5.75 Å². The van der Waals surface area contributed by atoms with Crippen LogP contribution in [0.1, 0.15) is 31.2 Å². The highest BCUT2D eigenvalue weighted by Gasteiger charge is 2.35. The van der Waals surface area contributed by atoms with Gasteiger partial charge in [-0.2, -0.15) is 4.31 Å². The Kier molecular flexibility index (Phi) is 4.19. The molecule has 2 heterocycles. The molecular weight excluding hydrogens is 290 g/mol. The molecule has 0 aliphatic carbocycles. The number of ether oxygens (including phenoxy) is 1. The quantitative estimate of drug-likeness (QED) is 0.896. The number of benzene rings is 1. The third kappa shape index (κ3) is 2.80. The van der Waals surface area contributed by atoms with Crippen molar-refractivity contribution in [2.24, 2.45) is 0 Å². The molecule has 0 bridgehead atoms. The number of nitrogens with zero attached hydrogens (tertiary/aromatic N) is 1. The first-order chi connectivity index (χ1) is 10.1. The van der Waals surface area contributed by atoms with Gasteiger partial charge in [0.15, 0.2) is 0 Å². The van der Waals surface area contributed by atoms with Crippen LogP contribution in [0.4, 0.5) is 0 Å². The van der Waals surface area contributed by atoms with Crippen molar-refractivity contribution >= 4 is 10.0 Å². The predicted octanol–water partition coefficient (Wildman–Crippen LogP) is 1.55. The molecule has 0 aromatic heterocycles. The fourth-order valence-corrected chi connectivity index (χ4v) is 4.97. The van der Waals surface area contributed by atoms with Crippen LogP contribution in [0, 0.1) is 0 Å². The molecule has 6 heteroatoms. The van der Waals surface area contributed by atoms with E-state index in [0.717, 1.165) is 37.0 Å². The van der Waals surface area contributed by atoms with Crippen molar-refractivity contribution in [1.82, 2.24) is 4.31 Å². The van der Waals surface area contributed by atoms with Crippen LogP contribution in [-0.4, -0.2) is 43.6 Å². The Balaban J connectivity index is 1.85. The van der Waals surface area contributed by atoms with Gasteiger partial charge in [0.2, 0.25) is 10.0 Å². The van der Waals surface area contributed by atoms with Crippen LogP contribution in [0.3, 0.4) is 0 Å². The molecule has 1 N–H and O–H groups in total. The van der Waals surface area contributed by atoms with E-state index in [1.54, 1.807) is 22.5 Å². The lowest BCUT2D eigenvalue weighted by Crippen LogP contribution is -2.35. The van der Waals surface area contributed by atoms with Crippen LogP contribution < -0.4 is 4.74 Å². The lowest BCUT2D eigenvalue weighted by atomic mass is 10.1. The minimum atomic E-state index is -3.44. The van der Waals surface area contributed by atoms with Gasteiger partial charge in [-0.05, 0) is 49.4 Å². The summed E-state index contributed by atoms with van der Waals surface area (Å²) in [6.45, 7) is 1.31. The summed E-state index contributed by atoms with van der Waals surface area (Å²) in [5.41, 5.74) is 0.974. The van der Waals surface area contributed by atoms with E-state index in [9.17, 15) is 8.42 Å². The van der Waals surface area contributed by atoms with Gasteiger partial charge in [-0.25, -0.2) is 8.42 Å². The molecule has 2 aliphatic rings. The Labute approximate surface area is 125 Å². The van der Waals surface area contributed by atoms with Crippen molar-refractivity contribution in [3.63, 3.8) is 0 Å². The van der Waals surface area contributed by atoms with Crippen LogP contribution in [0.25, 0.3) is 0 Å². The molecule has 21 heavy (non-hydrogen) atoms. The van der Waals surface area contributed by atoms with Gasteiger partial charge in [0.25, 0.3) is 0 Å². The Morgan fingerprint density at radius 1 is 1.38 bits per heavy atom. The van der Waals surface area contributed by atoms with Gasteiger partial charge in [0.1, 0.15) is 5.75 Å². The van der Waals surface area contributed by atoms with Gasteiger partial charge >= 0.3 is 0 Å². The fourth-order valence-electron chi connectivity index (χ4n) is 3.20. The summed E-state index contributed by atoms with van der Waals surface area (Å²) < 4.78 is 32.7. The number of fused-ring (bicyclic) bond motifs is 1. The van der Waals surface area contributed by atoms with E-state index in [1.807, 2.05) is 0 Å². The maximum Gasteiger partial charge on any atom is 0.243 e. The molecule has 1 saturated heterocycles. The number of aliphatic hydroxyl groups excluding tert-OH is 1. The maximum absolute atomic E-state index is 12.8. The lowest BCUT2D eigenvalue weighted by Gasteiger charge is -2.24. The van der Waals surface area contributed by atoms with Gasteiger partial charge < -0.3 is 9.84 Å². The van der Waals surface area contributed by atoms with Crippen LogP contribution in [-0.2, 0) is 16.4 Å². The van der Waals surface area contributed by atoms with E-state index in [0.29, 0.717) is 24.5 Å². The molecule has 0 saturated carbocycles. The zero-order chi connectivity index (χ0) is 14.9. The summed E-state index contributed by atoms with van der Waals surface area (Å²) in [6.07, 6.45) is 3.92. The third-order valence-corrected chi connectivity index (χ3v) is 6.23. The lowest BCUT2D eigenvalue weighted by molar-refractivity contribution is 0.264. The minimum absolute atomic E-state index is 0.0201. The normalized spacial score (nSPS) is 22.2. The molecule has 2 aliphatic heterocycles. The van der Waals surface area contributed by atoms with Gasteiger partial charge in [0, 0.05) is 25.6 Å². The Bertz CT molecular complexity index is 614. The third-order valence-electron chi connectivity index (χ3n) is 4.29.